The van der Waals surface area contributed by atoms with Crippen LogP contribution in [-0.2, 0) is 4.79 Å². The summed E-state index contributed by atoms with van der Waals surface area (Å²) < 4.78 is 5.37. The molecule has 0 radical (unpaired) electrons. The first-order valence-electron chi connectivity index (χ1n) is 6.94. The van der Waals surface area contributed by atoms with Gasteiger partial charge in [-0.15, -0.1) is 12.4 Å². The van der Waals surface area contributed by atoms with Gasteiger partial charge in [-0.05, 0) is 44.0 Å². The van der Waals surface area contributed by atoms with Gasteiger partial charge in [0, 0.05) is 12.2 Å². The van der Waals surface area contributed by atoms with Gasteiger partial charge in [-0.1, -0.05) is 12.8 Å². The number of hydrogen-bond acceptors (Lipinski definition) is 3. The highest BCUT2D eigenvalue weighted by Crippen LogP contribution is 2.38. The van der Waals surface area contributed by atoms with E-state index in [1.807, 2.05) is 31.2 Å². The molecule has 1 fully saturated rings. The molecule has 2 rings (SSSR count). The van der Waals surface area contributed by atoms with Crippen molar-refractivity contribution in [2.75, 3.05) is 18.5 Å². The molecule has 3 N–H and O–H groups in total. The molecule has 1 aromatic carbocycles. The summed E-state index contributed by atoms with van der Waals surface area (Å²) >= 11 is 0. The SMILES string of the molecule is CCOc1ccc(NC(=O)C2(CN)CCCC2)cc1.Cl. The molecule has 0 aliphatic heterocycles. The van der Waals surface area contributed by atoms with Crippen molar-refractivity contribution in [2.45, 2.75) is 32.6 Å². The normalized spacial score (nSPS) is 16.3. The Hall–Kier alpha value is -1.26. The third-order valence-electron chi connectivity index (χ3n) is 3.86. The lowest BCUT2D eigenvalue weighted by molar-refractivity contribution is -0.124. The zero-order chi connectivity index (χ0) is 13.7. The van der Waals surface area contributed by atoms with E-state index in [9.17, 15) is 4.79 Å². The summed E-state index contributed by atoms with van der Waals surface area (Å²) in [6.45, 7) is 3.01. The number of carbonyl (C=O) groups is 1. The molecule has 1 saturated carbocycles. The zero-order valence-corrected chi connectivity index (χ0v) is 12.7. The van der Waals surface area contributed by atoms with Crippen LogP contribution in [0.15, 0.2) is 24.3 Å². The third kappa shape index (κ3) is 3.64. The number of ether oxygens (including phenoxy) is 1. The number of nitrogens with two attached hydrogens (primary N) is 1. The molecule has 0 unspecified atom stereocenters. The Morgan fingerprint density at radius 3 is 2.40 bits per heavy atom. The fraction of sp³-hybridized carbons (Fsp3) is 0.533. The molecule has 1 aromatic rings. The van der Waals surface area contributed by atoms with Gasteiger partial charge in [-0.2, -0.15) is 0 Å². The number of benzene rings is 1. The smallest absolute Gasteiger partial charge is 0.231 e. The summed E-state index contributed by atoms with van der Waals surface area (Å²) in [6.07, 6.45) is 3.97. The molecule has 0 saturated heterocycles. The van der Waals surface area contributed by atoms with E-state index in [-0.39, 0.29) is 23.7 Å². The maximum atomic E-state index is 12.4. The van der Waals surface area contributed by atoms with Crippen LogP contribution in [0.1, 0.15) is 32.6 Å². The van der Waals surface area contributed by atoms with E-state index in [2.05, 4.69) is 5.32 Å². The lowest BCUT2D eigenvalue weighted by atomic mass is 9.85. The molecular weight excluding hydrogens is 276 g/mol. The van der Waals surface area contributed by atoms with Gasteiger partial charge in [0.15, 0.2) is 0 Å². The van der Waals surface area contributed by atoms with Crippen LogP contribution < -0.4 is 15.8 Å². The maximum absolute atomic E-state index is 12.4. The first-order chi connectivity index (χ1) is 9.20. The Morgan fingerprint density at radius 2 is 1.90 bits per heavy atom. The lowest BCUT2D eigenvalue weighted by Gasteiger charge is -2.25. The fourth-order valence-electron chi connectivity index (χ4n) is 2.64. The molecule has 4 nitrogen and oxygen atoms in total. The predicted octanol–water partition coefficient (Wildman–Crippen LogP) is 2.96. The minimum Gasteiger partial charge on any atom is -0.494 e. The van der Waals surface area contributed by atoms with Crippen molar-refractivity contribution < 1.29 is 9.53 Å². The fourth-order valence-corrected chi connectivity index (χ4v) is 2.64. The molecule has 1 amide bonds. The topological polar surface area (TPSA) is 64.3 Å². The van der Waals surface area contributed by atoms with Crippen molar-refractivity contribution in [2.24, 2.45) is 11.1 Å². The van der Waals surface area contributed by atoms with E-state index in [0.717, 1.165) is 37.1 Å². The minimum atomic E-state index is -0.363. The van der Waals surface area contributed by atoms with Crippen LogP contribution in [0.4, 0.5) is 5.69 Å². The second-order valence-corrected chi connectivity index (χ2v) is 5.10. The average molecular weight is 299 g/mol. The van der Waals surface area contributed by atoms with Crippen LogP contribution in [0, 0.1) is 5.41 Å². The van der Waals surface area contributed by atoms with Crippen molar-refractivity contribution >= 4 is 24.0 Å². The molecule has 112 valence electrons. The number of rotatable bonds is 5. The van der Waals surface area contributed by atoms with Gasteiger partial charge in [-0.25, -0.2) is 0 Å². The molecular formula is C15H23ClN2O2. The lowest BCUT2D eigenvalue weighted by Crippen LogP contribution is -2.40. The summed E-state index contributed by atoms with van der Waals surface area (Å²) in [5.41, 5.74) is 6.24. The Bertz CT molecular complexity index is 428. The van der Waals surface area contributed by atoms with Crippen LogP contribution >= 0.6 is 12.4 Å². The van der Waals surface area contributed by atoms with E-state index < -0.39 is 0 Å². The standard InChI is InChI=1S/C15H22N2O2.ClH/c1-2-19-13-7-5-12(6-8-13)17-14(18)15(11-16)9-3-4-10-15;/h5-8H,2-4,9-11,16H2,1H3,(H,17,18);1H. The van der Waals surface area contributed by atoms with Crippen molar-refractivity contribution in [3.05, 3.63) is 24.3 Å². The second-order valence-electron chi connectivity index (χ2n) is 5.10. The quantitative estimate of drug-likeness (QED) is 0.878. The van der Waals surface area contributed by atoms with E-state index >= 15 is 0 Å². The molecule has 0 aromatic heterocycles. The second kappa shape index (κ2) is 7.50. The minimum absolute atomic E-state index is 0. The van der Waals surface area contributed by atoms with Crippen molar-refractivity contribution in [1.82, 2.24) is 0 Å². The molecule has 1 aliphatic carbocycles. The van der Waals surface area contributed by atoms with Gasteiger partial charge >= 0.3 is 0 Å². The maximum Gasteiger partial charge on any atom is 0.231 e. The van der Waals surface area contributed by atoms with Crippen molar-refractivity contribution in [3.8, 4) is 5.75 Å². The Morgan fingerprint density at radius 1 is 1.30 bits per heavy atom. The summed E-state index contributed by atoms with van der Waals surface area (Å²) in [4.78, 5) is 12.4. The molecule has 0 atom stereocenters. The third-order valence-corrected chi connectivity index (χ3v) is 3.86. The molecule has 5 heteroatoms. The number of nitrogens with one attached hydrogen (secondary N) is 1. The number of hydrogen-bond donors (Lipinski definition) is 2. The van der Waals surface area contributed by atoms with Crippen LogP contribution in [0.25, 0.3) is 0 Å². The van der Waals surface area contributed by atoms with Gasteiger partial charge in [0.2, 0.25) is 5.91 Å². The van der Waals surface area contributed by atoms with E-state index in [1.165, 1.54) is 0 Å². The summed E-state index contributed by atoms with van der Waals surface area (Å²) in [5, 5.41) is 2.97. The summed E-state index contributed by atoms with van der Waals surface area (Å²) in [5.74, 6) is 0.867. The largest absolute Gasteiger partial charge is 0.494 e. The van der Waals surface area contributed by atoms with Crippen molar-refractivity contribution in [3.63, 3.8) is 0 Å². The number of halogens is 1. The number of carbonyl (C=O) groups excluding carboxylic acids is 1. The van der Waals surface area contributed by atoms with Gasteiger partial charge in [0.05, 0.1) is 12.0 Å². The highest BCUT2D eigenvalue weighted by Gasteiger charge is 2.39. The highest BCUT2D eigenvalue weighted by atomic mass is 35.5. The van der Waals surface area contributed by atoms with Crippen LogP contribution in [0.5, 0.6) is 5.75 Å². The van der Waals surface area contributed by atoms with Crippen LogP contribution in [-0.4, -0.2) is 19.1 Å². The first-order valence-corrected chi connectivity index (χ1v) is 6.94. The van der Waals surface area contributed by atoms with Crippen molar-refractivity contribution in [1.29, 1.82) is 0 Å². The summed E-state index contributed by atoms with van der Waals surface area (Å²) in [7, 11) is 0. The van der Waals surface area contributed by atoms with Gasteiger partial charge in [-0.3, -0.25) is 4.79 Å². The summed E-state index contributed by atoms with van der Waals surface area (Å²) in [6, 6.07) is 7.45. The average Bonchev–Trinajstić information content (AvgIpc) is 2.91. The molecule has 0 spiro atoms. The van der Waals surface area contributed by atoms with Crippen LogP contribution in [0.3, 0.4) is 0 Å². The number of anilines is 1. The molecule has 1 aliphatic rings. The van der Waals surface area contributed by atoms with Gasteiger partial charge in [0.1, 0.15) is 5.75 Å². The van der Waals surface area contributed by atoms with Gasteiger partial charge < -0.3 is 15.8 Å². The molecule has 20 heavy (non-hydrogen) atoms. The molecule has 0 bridgehead atoms. The first kappa shape index (κ1) is 16.8. The molecule has 0 heterocycles. The Labute approximate surface area is 126 Å². The van der Waals surface area contributed by atoms with Crippen LogP contribution in [0.2, 0.25) is 0 Å². The zero-order valence-electron chi connectivity index (χ0n) is 11.9. The van der Waals surface area contributed by atoms with E-state index in [0.29, 0.717) is 13.2 Å². The Kier molecular flexibility index (Phi) is 6.30. The predicted molar refractivity (Wildman–Crippen MR) is 83.4 cm³/mol. The van der Waals surface area contributed by atoms with E-state index in [1.54, 1.807) is 0 Å². The highest BCUT2D eigenvalue weighted by molar-refractivity contribution is 5.95. The Balaban J connectivity index is 0.00000200. The monoisotopic (exact) mass is 298 g/mol. The van der Waals surface area contributed by atoms with Gasteiger partial charge in [0.25, 0.3) is 0 Å². The van der Waals surface area contributed by atoms with E-state index in [4.69, 9.17) is 10.5 Å². The number of amides is 1.